The Morgan fingerprint density at radius 2 is 1.73 bits per heavy atom. The molecule has 1 unspecified atom stereocenters. The minimum absolute atomic E-state index is 0.350. The van der Waals surface area contributed by atoms with Crippen molar-refractivity contribution in [3.05, 3.63) is 29.8 Å². The van der Waals surface area contributed by atoms with E-state index in [2.05, 4.69) is 4.90 Å². The van der Waals surface area contributed by atoms with Gasteiger partial charge in [-0.2, -0.15) is 13.2 Å². The number of aliphatic hydroxyl groups is 1. The number of alkyl halides is 3. The first-order valence-corrected chi connectivity index (χ1v) is 7.38. The van der Waals surface area contributed by atoms with Crippen molar-refractivity contribution in [3.63, 3.8) is 0 Å². The van der Waals surface area contributed by atoms with Gasteiger partial charge in [0.15, 0.2) is 5.60 Å². The van der Waals surface area contributed by atoms with E-state index in [-0.39, 0.29) is 0 Å². The standard InChI is InChI=1S/C16H22F3NO2/c1-15(21,16(17,18)19)13-7-9-20(10-8-13)11-12-3-5-14(22-2)6-4-12/h3-6,13,21H,7-11H2,1-2H3. The van der Waals surface area contributed by atoms with E-state index in [4.69, 9.17) is 4.74 Å². The summed E-state index contributed by atoms with van der Waals surface area (Å²) in [6.07, 6.45) is -3.87. The van der Waals surface area contributed by atoms with Gasteiger partial charge in [0.1, 0.15) is 5.75 Å². The number of halogens is 3. The topological polar surface area (TPSA) is 32.7 Å². The maximum absolute atomic E-state index is 12.9. The molecule has 0 aliphatic carbocycles. The van der Waals surface area contributed by atoms with Crippen molar-refractivity contribution in [2.75, 3.05) is 20.2 Å². The maximum Gasteiger partial charge on any atom is 0.417 e. The van der Waals surface area contributed by atoms with Crippen molar-refractivity contribution in [1.29, 1.82) is 0 Å². The van der Waals surface area contributed by atoms with Crippen LogP contribution < -0.4 is 4.74 Å². The Balaban J connectivity index is 1.89. The Labute approximate surface area is 128 Å². The lowest BCUT2D eigenvalue weighted by molar-refractivity contribution is -0.275. The number of methoxy groups -OCH3 is 1. The predicted octanol–water partition coefficient (Wildman–Crippen LogP) is 3.22. The molecule has 3 nitrogen and oxygen atoms in total. The molecule has 0 amide bonds. The normalized spacial score (nSPS) is 20.6. The quantitative estimate of drug-likeness (QED) is 0.925. The highest BCUT2D eigenvalue weighted by molar-refractivity contribution is 5.27. The summed E-state index contributed by atoms with van der Waals surface area (Å²) in [7, 11) is 1.60. The molecular weight excluding hydrogens is 295 g/mol. The summed E-state index contributed by atoms with van der Waals surface area (Å²) in [4.78, 5) is 2.12. The molecule has 1 aliphatic rings. The molecule has 1 aromatic carbocycles. The van der Waals surface area contributed by atoms with Gasteiger partial charge in [-0.3, -0.25) is 4.90 Å². The largest absolute Gasteiger partial charge is 0.497 e. The second kappa shape index (κ2) is 6.46. The highest BCUT2D eigenvalue weighted by Crippen LogP contribution is 2.40. The molecule has 1 saturated heterocycles. The van der Waals surface area contributed by atoms with Gasteiger partial charge in [0, 0.05) is 6.54 Å². The molecule has 124 valence electrons. The fraction of sp³-hybridized carbons (Fsp3) is 0.625. The van der Waals surface area contributed by atoms with Gasteiger partial charge in [0.05, 0.1) is 7.11 Å². The first kappa shape index (κ1) is 17.1. The molecule has 1 aromatic rings. The summed E-state index contributed by atoms with van der Waals surface area (Å²) in [6.45, 7) is 2.70. The number of piperidine rings is 1. The van der Waals surface area contributed by atoms with Gasteiger partial charge in [-0.15, -0.1) is 0 Å². The van der Waals surface area contributed by atoms with Gasteiger partial charge in [0.2, 0.25) is 0 Å². The first-order chi connectivity index (χ1) is 10.2. The smallest absolute Gasteiger partial charge is 0.417 e. The van der Waals surface area contributed by atoms with Gasteiger partial charge in [0.25, 0.3) is 0 Å². The van der Waals surface area contributed by atoms with Crippen LogP contribution >= 0.6 is 0 Å². The fourth-order valence-electron chi connectivity index (χ4n) is 2.87. The molecule has 1 aliphatic heterocycles. The molecule has 1 N–H and O–H groups in total. The lowest BCUT2D eigenvalue weighted by atomic mass is 9.81. The SMILES string of the molecule is COc1ccc(CN2CCC(C(C)(O)C(F)(F)F)CC2)cc1. The van der Waals surface area contributed by atoms with Crippen molar-refractivity contribution in [1.82, 2.24) is 4.90 Å². The maximum atomic E-state index is 12.9. The summed E-state index contributed by atoms with van der Waals surface area (Å²) in [5, 5.41) is 9.75. The van der Waals surface area contributed by atoms with Crippen LogP contribution in [-0.4, -0.2) is 42.0 Å². The number of rotatable bonds is 4. The third kappa shape index (κ3) is 3.73. The minimum Gasteiger partial charge on any atom is -0.497 e. The van der Waals surface area contributed by atoms with Crippen LogP contribution in [0.25, 0.3) is 0 Å². The van der Waals surface area contributed by atoms with Crippen molar-refractivity contribution in [3.8, 4) is 5.75 Å². The van der Waals surface area contributed by atoms with Crippen LogP contribution in [0.5, 0.6) is 5.75 Å². The van der Waals surface area contributed by atoms with Crippen molar-refractivity contribution in [2.24, 2.45) is 5.92 Å². The van der Waals surface area contributed by atoms with E-state index in [1.165, 1.54) is 0 Å². The van der Waals surface area contributed by atoms with Gasteiger partial charge in [-0.1, -0.05) is 12.1 Å². The van der Waals surface area contributed by atoms with E-state index >= 15 is 0 Å². The van der Waals surface area contributed by atoms with Crippen molar-refractivity contribution >= 4 is 0 Å². The molecule has 0 bridgehead atoms. The third-order valence-electron chi connectivity index (χ3n) is 4.52. The molecule has 1 fully saturated rings. The predicted molar refractivity (Wildman–Crippen MR) is 77.7 cm³/mol. The van der Waals surface area contributed by atoms with Crippen LogP contribution in [0.3, 0.4) is 0 Å². The molecule has 0 saturated carbocycles. The van der Waals surface area contributed by atoms with Crippen LogP contribution in [0.2, 0.25) is 0 Å². The second-order valence-electron chi connectivity index (χ2n) is 6.04. The number of hydrogen-bond acceptors (Lipinski definition) is 3. The lowest BCUT2D eigenvalue weighted by Gasteiger charge is -2.40. The molecule has 2 rings (SSSR count). The Bertz CT molecular complexity index is 477. The number of hydrogen-bond donors (Lipinski definition) is 1. The fourth-order valence-corrected chi connectivity index (χ4v) is 2.87. The third-order valence-corrected chi connectivity index (χ3v) is 4.52. The second-order valence-corrected chi connectivity index (χ2v) is 6.04. The Hall–Kier alpha value is -1.27. The molecule has 0 aromatic heterocycles. The van der Waals surface area contributed by atoms with Crippen molar-refractivity contribution < 1.29 is 23.0 Å². The van der Waals surface area contributed by atoms with Crippen molar-refractivity contribution in [2.45, 2.75) is 38.1 Å². The van der Waals surface area contributed by atoms with Crippen LogP contribution in [-0.2, 0) is 6.54 Å². The summed E-state index contributed by atoms with van der Waals surface area (Å²) < 4.78 is 43.7. The van der Waals surface area contributed by atoms with Crippen LogP contribution in [0, 0.1) is 5.92 Å². The highest BCUT2D eigenvalue weighted by atomic mass is 19.4. The zero-order valence-corrected chi connectivity index (χ0v) is 12.9. The van der Waals surface area contributed by atoms with Crippen LogP contribution in [0.1, 0.15) is 25.3 Å². The van der Waals surface area contributed by atoms with Gasteiger partial charge in [-0.25, -0.2) is 0 Å². The van der Waals surface area contributed by atoms with E-state index in [1.54, 1.807) is 7.11 Å². The van der Waals surface area contributed by atoms with E-state index in [9.17, 15) is 18.3 Å². The van der Waals surface area contributed by atoms with E-state index < -0.39 is 17.7 Å². The number of benzene rings is 1. The summed E-state index contributed by atoms with van der Waals surface area (Å²) >= 11 is 0. The number of nitrogens with zero attached hydrogens (tertiary/aromatic N) is 1. The molecular formula is C16H22F3NO2. The number of likely N-dealkylation sites (tertiary alicyclic amines) is 1. The average molecular weight is 317 g/mol. The van der Waals surface area contributed by atoms with Crippen LogP contribution in [0.4, 0.5) is 13.2 Å². The van der Waals surface area contributed by atoms with Crippen LogP contribution in [0.15, 0.2) is 24.3 Å². The Morgan fingerprint density at radius 1 is 1.18 bits per heavy atom. The zero-order chi connectivity index (χ0) is 16.4. The zero-order valence-electron chi connectivity index (χ0n) is 12.9. The minimum atomic E-state index is -4.57. The monoisotopic (exact) mass is 317 g/mol. The number of ether oxygens (including phenoxy) is 1. The average Bonchev–Trinajstić information content (AvgIpc) is 2.47. The molecule has 0 spiro atoms. The summed E-state index contributed by atoms with van der Waals surface area (Å²) in [5.41, 5.74) is -1.50. The van der Waals surface area contributed by atoms with Gasteiger partial charge in [-0.05, 0) is 56.5 Å². The lowest BCUT2D eigenvalue weighted by Crippen LogP contribution is -2.52. The summed E-state index contributed by atoms with van der Waals surface area (Å²) in [5.74, 6) is 0.0447. The molecule has 0 radical (unpaired) electrons. The Morgan fingerprint density at radius 3 is 2.18 bits per heavy atom. The molecule has 22 heavy (non-hydrogen) atoms. The van der Waals surface area contributed by atoms with Gasteiger partial charge >= 0.3 is 6.18 Å². The van der Waals surface area contributed by atoms with E-state index in [1.807, 2.05) is 24.3 Å². The highest BCUT2D eigenvalue weighted by Gasteiger charge is 2.54. The Kier molecular flexibility index (Phi) is 5.02. The van der Waals surface area contributed by atoms with Gasteiger partial charge < -0.3 is 9.84 Å². The molecule has 6 heteroatoms. The van der Waals surface area contributed by atoms with E-state index in [0.717, 1.165) is 18.2 Å². The first-order valence-electron chi connectivity index (χ1n) is 7.38. The molecule has 1 atom stereocenters. The summed E-state index contributed by atoms with van der Waals surface area (Å²) in [6, 6.07) is 7.65. The van der Waals surface area contributed by atoms with E-state index in [0.29, 0.717) is 32.5 Å². The molecule has 1 heterocycles.